The zero-order chi connectivity index (χ0) is 15.1. The maximum absolute atomic E-state index is 11.9. The van der Waals surface area contributed by atoms with E-state index in [0.717, 1.165) is 40.7 Å². The van der Waals surface area contributed by atoms with E-state index in [-0.39, 0.29) is 5.92 Å². The molecule has 0 saturated heterocycles. The Hall–Kier alpha value is -2.63. The number of carbonyl (C=O) groups is 1. The minimum absolute atomic E-state index is 0.269. The molecule has 0 atom stereocenters. The summed E-state index contributed by atoms with van der Waals surface area (Å²) in [4.78, 5) is 20.7. The van der Waals surface area contributed by atoms with E-state index in [0.29, 0.717) is 12.2 Å². The standard InChI is InChI=1S/C16H15N5O/c1-21-9-15(19-20-21)14-5-11-4-13(6-16(22)10-2-3-10)17-7-12(11)8-18-14/h4-5,7-10H,2-3,6H2,1H3. The zero-order valence-corrected chi connectivity index (χ0v) is 12.2. The monoisotopic (exact) mass is 293 g/mol. The van der Waals surface area contributed by atoms with Crippen LogP contribution in [0.25, 0.3) is 22.2 Å². The Bertz CT molecular complexity index is 866. The lowest BCUT2D eigenvalue weighted by atomic mass is 10.1. The van der Waals surface area contributed by atoms with Gasteiger partial charge in [0.1, 0.15) is 11.5 Å². The number of hydrogen-bond donors (Lipinski definition) is 0. The average molecular weight is 293 g/mol. The predicted molar refractivity (Wildman–Crippen MR) is 81.0 cm³/mol. The fourth-order valence-corrected chi connectivity index (χ4v) is 2.51. The van der Waals surface area contributed by atoms with Gasteiger partial charge in [0.05, 0.1) is 11.9 Å². The second-order valence-corrected chi connectivity index (χ2v) is 5.79. The highest BCUT2D eigenvalue weighted by atomic mass is 16.1. The van der Waals surface area contributed by atoms with Crippen molar-refractivity contribution < 1.29 is 4.79 Å². The van der Waals surface area contributed by atoms with Crippen molar-refractivity contribution in [2.24, 2.45) is 13.0 Å². The molecule has 4 rings (SSSR count). The first-order valence-corrected chi connectivity index (χ1v) is 7.33. The maximum Gasteiger partial charge on any atom is 0.141 e. The molecular formula is C16H15N5O. The molecule has 0 spiro atoms. The number of pyridine rings is 2. The summed E-state index contributed by atoms with van der Waals surface area (Å²) in [6, 6.07) is 3.93. The number of rotatable bonds is 4. The van der Waals surface area contributed by atoms with Gasteiger partial charge < -0.3 is 0 Å². The van der Waals surface area contributed by atoms with Gasteiger partial charge in [0.2, 0.25) is 0 Å². The van der Waals surface area contributed by atoms with E-state index in [2.05, 4.69) is 20.3 Å². The van der Waals surface area contributed by atoms with Crippen molar-refractivity contribution in [2.75, 3.05) is 0 Å². The molecule has 0 unspecified atom stereocenters. The van der Waals surface area contributed by atoms with E-state index in [1.54, 1.807) is 17.1 Å². The molecule has 3 aromatic rings. The van der Waals surface area contributed by atoms with Crippen molar-refractivity contribution in [3.05, 3.63) is 36.4 Å². The quantitative estimate of drug-likeness (QED) is 0.735. The first-order valence-electron chi connectivity index (χ1n) is 7.33. The highest BCUT2D eigenvalue weighted by Gasteiger charge is 2.29. The van der Waals surface area contributed by atoms with Crippen molar-refractivity contribution in [3.63, 3.8) is 0 Å². The Morgan fingerprint density at radius 3 is 2.73 bits per heavy atom. The van der Waals surface area contributed by atoms with Gasteiger partial charge in [0.15, 0.2) is 0 Å². The van der Waals surface area contributed by atoms with Crippen LogP contribution < -0.4 is 0 Å². The second-order valence-electron chi connectivity index (χ2n) is 5.79. The van der Waals surface area contributed by atoms with Gasteiger partial charge in [-0.05, 0) is 30.4 Å². The summed E-state index contributed by atoms with van der Waals surface area (Å²) in [6.07, 6.45) is 7.87. The summed E-state index contributed by atoms with van der Waals surface area (Å²) >= 11 is 0. The molecule has 0 aromatic carbocycles. The Morgan fingerprint density at radius 1 is 1.18 bits per heavy atom. The fourth-order valence-electron chi connectivity index (χ4n) is 2.51. The SMILES string of the molecule is Cn1cc(-c2cc3cc(CC(=O)C4CC4)ncc3cn2)nn1. The van der Waals surface area contributed by atoms with E-state index in [9.17, 15) is 4.79 Å². The molecule has 6 heteroatoms. The third-order valence-corrected chi connectivity index (χ3v) is 3.91. The third kappa shape index (κ3) is 2.47. The third-order valence-electron chi connectivity index (χ3n) is 3.91. The molecule has 3 heterocycles. The van der Waals surface area contributed by atoms with Crippen molar-refractivity contribution >= 4 is 16.6 Å². The molecule has 1 saturated carbocycles. The smallest absolute Gasteiger partial charge is 0.141 e. The molecule has 0 radical (unpaired) electrons. The molecule has 1 aliphatic carbocycles. The zero-order valence-electron chi connectivity index (χ0n) is 12.2. The average Bonchev–Trinajstić information content (AvgIpc) is 3.28. The van der Waals surface area contributed by atoms with E-state index < -0.39 is 0 Å². The Labute approximate surface area is 127 Å². The number of fused-ring (bicyclic) bond motifs is 1. The topological polar surface area (TPSA) is 73.6 Å². The lowest BCUT2D eigenvalue weighted by molar-refractivity contribution is -0.119. The molecule has 1 aliphatic rings. The number of aryl methyl sites for hydroxylation is 1. The van der Waals surface area contributed by atoms with Crippen LogP contribution in [0.4, 0.5) is 0 Å². The Kier molecular flexibility index (Phi) is 2.96. The molecule has 1 fully saturated rings. The molecule has 22 heavy (non-hydrogen) atoms. The highest BCUT2D eigenvalue weighted by molar-refractivity contribution is 5.88. The minimum atomic E-state index is 0.269. The van der Waals surface area contributed by atoms with Crippen LogP contribution >= 0.6 is 0 Å². The van der Waals surface area contributed by atoms with Crippen LogP contribution in [0, 0.1) is 5.92 Å². The first kappa shape index (κ1) is 13.1. The first-order chi connectivity index (χ1) is 10.7. The molecule has 6 nitrogen and oxygen atoms in total. The summed E-state index contributed by atoms with van der Waals surface area (Å²) < 4.78 is 1.65. The van der Waals surface area contributed by atoms with Crippen LogP contribution in [-0.4, -0.2) is 30.7 Å². The van der Waals surface area contributed by atoms with Crippen LogP contribution in [0.2, 0.25) is 0 Å². The molecule has 110 valence electrons. The lowest BCUT2D eigenvalue weighted by Gasteiger charge is -2.03. The van der Waals surface area contributed by atoms with Crippen LogP contribution in [-0.2, 0) is 18.3 Å². The molecule has 0 N–H and O–H groups in total. The largest absolute Gasteiger partial charge is 0.299 e. The predicted octanol–water partition coefficient (Wildman–Crippen LogP) is 1.95. The van der Waals surface area contributed by atoms with Gasteiger partial charge in [-0.2, -0.15) is 0 Å². The molecular weight excluding hydrogens is 278 g/mol. The molecule has 0 aliphatic heterocycles. The van der Waals surface area contributed by atoms with Crippen LogP contribution in [0.15, 0.2) is 30.7 Å². The minimum Gasteiger partial charge on any atom is -0.299 e. The van der Waals surface area contributed by atoms with E-state index in [1.807, 2.05) is 25.4 Å². The summed E-state index contributed by atoms with van der Waals surface area (Å²) in [6.45, 7) is 0. The van der Waals surface area contributed by atoms with Crippen molar-refractivity contribution in [2.45, 2.75) is 19.3 Å². The van der Waals surface area contributed by atoms with Crippen molar-refractivity contribution in [1.82, 2.24) is 25.0 Å². The summed E-state index contributed by atoms with van der Waals surface area (Å²) in [7, 11) is 1.82. The number of ketones is 1. The van der Waals surface area contributed by atoms with Gasteiger partial charge in [-0.15, -0.1) is 5.10 Å². The summed E-state index contributed by atoms with van der Waals surface area (Å²) in [5.41, 5.74) is 2.32. The van der Waals surface area contributed by atoms with Crippen molar-refractivity contribution in [1.29, 1.82) is 0 Å². The molecule has 3 aromatic heterocycles. The van der Waals surface area contributed by atoms with Gasteiger partial charge in [0, 0.05) is 42.9 Å². The Balaban J connectivity index is 1.69. The maximum atomic E-state index is 11.9. The lowest BCUT2D eigenvalue weighted by Crippen LogP contribution is -2.06. The second kappa shape index (κ2) is 4.98. The Morgan fingerprint density at radius 2 is 2.00 bits per heavy atom. The van der Waals surface area contributed by atoms with Crippen LogP contribution in [0.1, 0.15) is 18.5 Å². The van der Waals surface area contributed by atoms with Crippen LogP contribution in [0.5, 0.6) is 0 Å². The van der Waals surface area contributed by atoms with Gasteiger partial charge in [-0.25, -0.2) is 0 Å². The van der Waals surface area contributed by atoms with Crippen LogP contribution in [0.3, 0.4) is 0 Å². The van der Waals surface area contributed by atoms with Gasteiger partial charge in [-0.3, -0.25) is 19.4 Å². The van der Waals surface area contributed by atoms with Crippen molar-refractivity contribution in [3.8, 4) is 11.4 Å². The van der Waals surface area contributed by atoms with E-state index in [4.69, 9.17) is 0 Å². The molecule has 0 amide bonds. The number of aromatic nitrogens is 5. The number of nitrogens with zero attached hydrogens (tertiary/aromatic N) is 5. The molecule has 0 bridgehead atoms. The highest BCUT2D eigenvalue weighted by Crippen LogP contribution is 2.31. The summed E-state index contributed by atoms with van der Waals surface area (Å²) in [5, 5.41) is 9.97. The normalized spacial score (nSPS) is 14.4. The van der Waals surface area contributed by atoms with E-state index in [1.165, 1.54) is 0 Å². The number of hydrogen-bond acceptors (Lipinski definition) is 5. The summed E-state index contributed by atoms with van der Waals surface area (Å²) in [5.74, 6) is 0.570. The fraction of sp³-hybridized carbons (Fsp3) is 0.312. The number of carbonyl (C=O) groups excluding carboxylic acids is 1. The van der Waals surface area contributed by atoms with E-state index >= 15 is 0 Å². The van der Waals surface area contributed by atoms with Gasteiger partial charge >= 0.3 is 0 Å². The number of Topliss-reactive ketones (excluding diaryl/α,β-unsaturated/α-hetero) is 1. The van der Waals surface area contributed by atoms with Gasteiger partial charge in [-0.1, -0.05) is 5.21 Å². The van der Waals surface area contributed by atoms with Gasteiger partial charge in [0.25, 0.3) is 0 Å².